The van der Waals surface area contributed by atoms with Gasteiger partial charge in [0.2, 0.25) is 0 Å². The topological polar surface area (TPSA) is 49.3 Å². The van der Waals surface area contributed by atoms with E-state index < -0.39 is 0 Å². The number of hydrogen-bond donors (Lipinski definition) is 2. The molecule has 0 bridgehead atoms. The molecule has 2 aromatic rings. The van der Waals surface area contributed by atoms with Crippen molar-refractivity contribution in [1.82, 2.24) is 0 Å². The largest absolute Gasteiger partial charge is 0.506 e. The lowest BCUT2D eigenvalue weighted by Crippen LogP contribution is -2.03. The van der Waals surface area contributed by atoms with E-state index in [1.165, 1.54) is 0 Å². The van der Waals surface area contributed by atoms with Crippen molar-refractivity contribution in [3.63, 3.8) is 0 Å². The summed E-state index contributed by atoms with van der Waals surface area (Å²) in [6.07, 6.45) is 1.80. The summed E-state index contributed by atoms with van der Waals surface area (Å²) >= 11 is 9.96. The van der Waals surface area contributed by atoms with Gasteiger partial charge in [-0.15, -0.1) is 0 Å². The number of hydrogen-bond acceptors (Lipinski definition) is 2. The molecule has 0 aliphatic carbocycles. The average molecular weight is 474 g/mol. The SMILES string of the molecule is O=C1Nc2cc(Br)ccc2/C1=C/c1cc(Br)c(O)c(Br)c1. The first-order chi connectivity index (χ1) is 9.95. The Hall–Kier alpha value is -1.11. The number of rotatable bonds is 1. The number of phenols is 1. The van der Waals surface area contributed by atoms with Gasteiger partial charge in [0.15, 0.2) is 0 Å². The minimum atomic E-state index is -0.136. The van der Waals surface area contributed by atoms with Crippen molar-refractivity contribution in [2.45, 2.75) is 0 Å². The van der Waals surface area contributed by atoms with Gasteiger partial charge in [-0.3, -0.25) is 4.79 Å². The predicted octanol–water partition coefficient (Wildman–Crippen LogP) is 5.17. The Kier molecular flexibility index (Phi) is 3.94. The van der Waals surface area contributed by atoms with E-state index in [0.717, 1.165) is 21.3 Å². The molecule has 0 aromatic heterocycles. The fraction of sp³-hybridized carbons (Fsp3) is 0. The van der Waals surface area contributed by atoms with Crippen LogP contribution in [0.1, 0.15) is 11.1 Å². The predicted molar refractivity (Wildman–Crippen MR) is 94.1 cm³/mol. The lowest BCUT2D eigenvalue weighted by molar-refractivity contribution is -0.110. The minimum absolute atomic E-state index is 0.136. The fourth-order valence-electron chi connectivity index (χ4n) is 2.15. The normalized spacial score (nSPS) is 15.2. The van der Waals surface area contributed by atoms with Crippen molar-refractivity contribution < 1.29 is 9.90 Å². The molecule has 1 aliphatic rings. The second-order valence-electron chi connectivity index (χ2n) is 4.54. The smallest absolute Gasteiger partial charge is 0.256 e. The van der Waals surface area contributed by atoms with Crippen LogP contribution >= 0.6 is 47.8 Å². The van der Waals surface area contributed by atoms with Crippen LogP contribution in [0.4, 0.5) is 5.69 Å². The van der Waals surface area contributed by atoms with Crippen molar-refractivity contribution in [3.05, 3.63) is 54.9 Å². The monoisotopic (exact) mass is 471 g/mol. The molecule has 0 saturated heterocycles. The summed E-state index contributed by atoms with van der Waals surface area (Å²) in [5.74, 6) is 0.000717. The second-order valence-corrected chi connectivity index (χ2v) is 7.16. The Balaban J connectivity index is 2.11. The molecule has 106 valence electrons. The molecule has 1 amide bonds. The van der Waals surface area contributed by atoms with E-state index >= 15 is 0 Å². The van der Waals surface area contributed by atoms with Gasteiger partial charge in [-0.25, -0.2) is 0 Å². The number of nitrogens with one attached hydrogen (secondary N) is 1. The van der Waals surface area contributed by atoms with Gasteiger partial charge in [-0.05, 0) is 67.8 Å². The molecule has 2 N–H and O–H groups in total. The number of benzene rings is 2. The van der Waals surface area contributed by atoms with Crippen LogP contribution < -0.4 is 5.32 Å². The molecule has 21 heavy (non-hydrogen) atoms. The molecular weight excluding hydrogens is 466 g/mol. The van der Waals surface area contributed by atoms with Gasteiger partial charge in [0.05, 0.1) is 14.6 Å². The van der Waals surface area contributed by atoms with Gasteiger partial charge in [0.1, 0.15) is 5.75 Å². The van der Waals surface area contributed by atoms with Crippen molar-refractivity contribution in [3.8, 4) is 5.75 Å². The number of aromatic hydroxyl groups is 1. The Morgan fingerprint density at radius 2 is 1.71 bits per heavy atom. The standard InChI is InChI=1S/C15H8Br3NO2/c16-8-1-2-9-10(15(21)19-13(9)6-8)3-7-4-11(17)14(20)12(18)5-7/h1-6,20H,(H,19,21)/b10-3-. The number of amides is 1. The van der Waals surface area contributed by atoms with Crippen LogP contribution in [-0.2, 0) is 4.79 Å². The zero-order valence-electron chi connectivity index (χ0n) is 10.5. The summed E-state index contributed by atoms with van der Waals surface area (Å²) in [7, 11) is 0. The van der Waals surface area contributed by atoms with E-state index in [0.29, 0.717) is 14.5 Å². The van der Waals surface area contributed by atoms with E-state index in [4.69, 9.17) is 0 Å². The lowest BCUT2D eigenvalue weighted by atomic mass is 10.0. The van der Waals surface area contributed by atoms with Crippen LogP contribution in [0, 0.1) is 0 Å². The summed E-state index contributed by atoms with van der Waals surface area (Å²) in [6.45, 7) is 0. The van der Waals surface area contributed by atoms with Crippen molar-refractivity contribution in [1.29, 1.82) is 0 Å². The molecule has 1 heterocycles. The molecule has 0 fully saturated rings. The molecule has 1 aliphatic heterocycles. The van der Waals surface area contributed by atoms with Gasteiger partial charge >= 0.3 is 0 Å². The van der Waals surface area contributed by atoms with Crippen LogP contribution in [0.2, 0.25) is 0 Å². The highest BCUT2D eigenvalue weighted by Gasteiger charge is 2.24. The summed E-state index contributed by atoms with van der Waals surface area (Å²) in [4.78, 5) is 12.1. The molecule has 0 atom stereocenters. The third-order valence-electron chi connectivity index (χ3n) is 3.11. The third-order valence-corrected chi connectivity index (χ3v) is 4.82. The van der Waals surface area contributed by atoms with Crippen LogP contribution in [0.3, 0.4) is 0 Å². The molecule has 0 saturated carbocycles. The van der Waals surface area contributed by atoms with Gasteiger partial charge in [-0.2, -0.15) is 0 Å². The fourth-order valence-corrected chi connectivity index (χ4v) is 3.73. The molecule has 2 aromatic carbocycles. The number of phenolic OH excluding ortho intramolecular Hbond substituents is 1. The zero-order chi connectivity index (χ0) is 15.1. The highest BCUT2D eigenvalue weighted by atomic mass is 79.9. The van der Waals surface area contributed by atoms with Crippen LogP contribution in [0.15, 0.2) is 43.7 Å². The Morgan fingerprint density at radius 1 is 1.05 bits per heavy atom. The summed E-state index contributed by atoms with van der Waals surface area (Å²) in [5.41, 5.74) is 3.07. The third kappa shape index (κ3) is 2.80. The van der Waals surface area contributed by atoms with Gasteiger partial charge in [0.25, 0.3) is 5.91 Å². The van der Waals surface area contributed by atoms with Gasteiger partial charge in [-0.1, -0.05) is 22.0 Å². The highest BCUT2D eigenvalue weighted by molar-refractivity contribution is 9.11. The summed E-state index contributed by atoms with van der Waals surface area (Å²) in [6, 6.07) is 9.19. The molecule has 0 radical (unpaired) electrons. The minimum Gasteiger partial charge on any atom is -0.506 e. The number of fused-ring (bicyclic) bond motifs is 1. The van der Waals surface area contributed by atoms with E-state index in [2.05, 4.69) is 53.1 Å². The van der Waals surface area contributed by atoms with E-state index in [1.54, 1.807) is 18.2 Å². The number of carbonyl (C=O) groups is 1. The van der Waals surface area contributed by atoms with E-state index in [9.17, 15) is 9.90 Å². The van der Waals surface area contributed by atoms with Crippen molar-refractivity contribution in [2.75, 3.05) is 5.32 Å². The molecule has 0 spiro atoms. The van der Waals surface area contributed by atoms with E-state index in [-0.39, 0.29) is 11.7 Å². The maximum absolute atomic E-state index is 12.1. The number of halogens is 3. The van der Waals surface area contributed by atoms with Gasteiger partial charge < -0.3 is 10.4 Å². The van der Waals surface area contributed by atoms with E-state index in [1.807, 2.05) is 18.2 Å². The van der Waals surface area contributed by atoms with Crippen LogP contribution in [0.25, 0.3) is 11.6 Å². The molecule has 0 unspecified atom stereocenters. The average Bonchev–Trinajstić information content (AvgIpc) is 2.71. The van der Waals surface area contributed by atoms with Crippen LogP contribution in [0.5, 0.6) is 5.75 Å². The molecule has 3 nitrogen and oxygen atoms in total. The highest BCUT2D eigenvalue weighted by Crippen LogP contribution is 2.37. The Labute approximate surface area is 146 Å². The molecule has 3 rings (SSSR count). The maximum Gasteiger partial charge on any atom is 0.256 e. The van der Waals surface area contributed by atoms with Crippen molar-refractivity contribution in [2.24, 2.45) is 0 Å². The summed E-state index contributed by atoms with van der Waals surface area (Å²) in [5, 5.41) is 12.6. The second kappa shape index (κ2) is 5.59. The first-order valence-corrected chi connectivity index (χ1v) is 8.34. The zero-order valence-corrected chi connectivity index (χ0v) is 15.2. The maximum atomic E-state index is 12.1. The summed E-state index contributed by atoms with van der Waals surface area (Å²) < 4.78 is 2.05. The molecule has 6 heteroatoms. The number of anilines is 1. The Morgan fingerprint density at radius 3 is 2.38 bits per heavy atom. The number of carbonyl (C=O) groups excluding carboxylic acids is 1. The van der Waals surface area contributed by atoms with Gasteiger partial charge in [0, 0.05) is 15.6 Å². The lowest BCUT2D eigenvalue weighted by Gasteiger charge is -2.04. The first-order valence-electron chi connectivity index (χ1n) is 5.96. The first kappa shape index (κ1) is 14.8. The van der Waals surface area contributed by atoms with Crippen molar-refractivity contribution >= 4 is 71.0 Å². The molecular formula is C15H8Br3NO2. The Bertz CT molecular complexity index is 776. The quantitative estimate of drug-likeness (QED) is 0.561. The van der Waals surface area contributed by atoms with Crippen LogP contribution in [-0.4, -0.2) is 11.0 Å².